The summed E-state index contributed by atoms with van der Waals surface area (Å²) in [4.78, 5) is 56.4. The number of esters is 1. The molecule has 0 N–H and O–H groups in total. The van der Waals surface area contributed by atoms with E-state index in [0.29, 0.717) is 18.7 Å². The number of rotatable bonds is 4. The van der Waals surface area contributed by atoms with Crippen molar-refractivity contribution in [2.75, 3.05) is 13.1 Å². The molecule has 2 heterocycles. The molecule has 1 aromatic carbocycles. The lowest BCUT2D eigenvalue weighted by atomic mass is 9.86. The number of likely N-dealkylation sites (tertiary alicyclic amines) is 1. The summed E-state index contributed by atoms with van der Waals surface area (Å²) in [5.41, 5.74) is 0.300. The number of hydrogen-bond acceptors (Lipinski definition) is 6. The molecule has 0 radical (unpaired) electrons. The Balaban J connectivity index is 2.11. The van der Waals surface area contributed by atoms with E-state index >= 15 is 0 Å². The van der Waals surface area contributed by atoms with Crippen molar-refractivity contribution in [2.24, 2.45) is 10.9 Å². The van der Waals surface area contributed by atoms with E-state index in [0.717, 1.165) is 24.2 Å². The summed E-state index contributed by atoms with van der Waals surface area (Å²) in [5.74, 6) is -1.70. The Kier molecular flexibility index (Phi) is 6.67. The maximum absolute atomic E-state index is 13.3. The molecule has 2 unspecified atom stereocenters. The predicted molar refractivity (Wildman–Crippen MR) is 112 cm³/mol. The number of imide groups is 1. The molecular weight excluding hydrogens is 404 g/mol. The zero-order valence-electron chi connectivity index (χ0n) is 17.8. The Hall–Kier alpha value is -3.30. The third-order valence-electron chi connectivity index (χ3n) is 5.38. The third-order valence-corrected chi connectivity index (χ3v) is 5.38. The van der Waals surface area contributed by atoms with Crippen molar-refractivity contribution < 1.29 is 24.0 Å². The third kappa shape index (κ3) is 4.73. The number of carbonyl (C=O) groups is 3. The van der Waals surface area contributed by atoms with Gasteiger partial charge in [0.05, 0.1) is 17.1 Å². The van der Waals surface area contributed by atoms with Crippen LogP contribution in [0.15, 0.2) is 29.3 Å². The molecule has 2 aliphatic heterocycles. The summed E-state index contributed by atoms with van der Waals surface area (Å²) in [5, 5.41) is 11.3. The van der Waals surface area contributed by atoms with Crippen LogP contribution in [0.2, 0.25) is 0 Å². The summed E-state index contributed by atoms with van der Waals surface area (Å²) < 4.78 is 5.38. The van der Waals surface area contributed by atoms with Crippen molar-refractivity contribution in [1.82, 2.24) is 9.80 Å². The number of nitrogens with zero attached hydrogens (tertiary/aromatic N) is 4. The molecule has 166 valence electrons. The molecule has 1 saturated heterocycles. The van der Waals surface area contributed by atoms with Crippen molar-refractivity contribution in [3.63, 3.8) is 0 Å². The maximum atomic E-state index is 13.3. The first-order chi connectivity index (χ1) is 14.7. The van der Waals surface area contributed by atoms with E-state index < -0.39 is 41.0 Å². The van der Waals surface area contributed by atoms with Crippen LogP contribution in [-0.4, -0.2) is 57.7 Å². The van der Waals surface area contributed by atoms with Crippen LogP contribution in [0.25, 0.3) is 0 Å². The van der Waals surface area contributed by atoms with E-state index in [1.54, 1.807) is 24.8 Å². The van der Waals surface area contributed by atoms with Gasteiger partial charge in [0, 0.05) is 30.9 Å². The van der Waals surface area contributed by atoms with Crippen LogP contribution in [0.5, 0.6) is 0 Å². The highest BCUT2D eigenvalue weighted by molar-refractivity contribution is 6.11. The fourth-order valence-corrected chi connectivity index (χ4v) is 3.98. The molecule has 2 aliphatic rings. The lowest BCUT2D eigenvalue weighted by Crippen LogP contribution is -2.54. The fraction of sp³-hybridized carbons (Fsp3) is 0.524. The van der Waals surface area contributed by atoms with Crippen LogP contribution in [0.1, 0.15) is 51.6 Å². The van der Waals surface area contributed by atoms with E-state index in [2.05, 4.69) is 4.99 Å². The molecule has 4 amide bonds. The molecule has 2 atom stereocenters. The normalized spacial score (nSPS) is 21.7. The van der Waals surface area contributed by atoms with Crippen molar-refractivity contribution in [3.05, 3.63) is 39.9 Å². The standard InChI is InChI=1S/C21H26N4O6/c1-13(2)31-19(26)17-14(3)22-20(27)24(21(28)23-10-5-4-6-11-23)18(17)15-8-7-9-16(12-15)25(29)30/h7-9,12-13,17-18H,4-6,10-11H2,1-3H3. The molecule has 0 aromatic heterocycles. The Morgan fingerprint density at radius 1 is 1.23 bits per heavy atom. The molecule has 10 nitrogen and oxygen atoms in total. The second kappa shape index (κ2) is 9.23. The zero-order valence-corrected chi connectivity index (χ0v) is 17.8. The minimum Gasteiger partial charge on any atom is -0.462 e. The van der Waals surface area contributed by atoms with E-state index in [1.165, 1.54) is 25.1 Å². The summed E-state index contributed by atoms with van der Waals surface area (Å²) in [6.45, 7) is 5.90. The molecule has 0 bridgehead atoms. The van der Waals surface area contributed by atoms with Crippen LogP contribution in [0.4, 0.5) is 15.3 Å². The molecule has 1 aromatic rings. The summed E-state index contributed by atoms with van der Waals surface area (Å²) in [7, 11) is 0. The highest BCUT2D eigenvalue weighted by Crippen LogP contribution is 2.37. The van der Waals surface area contributed by atoms with Crippen molar-refractivity contribution in [3.8, 4) is 0 Å². The Morgan fingerprint density at radius 2 is 1.90 bits per heavy atom. The predicted octanol–water partition coefficient (Wildman–Crippen LogP) is 3.71. The fourth-order valence-electron chi connectivity index (χ4n) is 3.98. The lowest BCUT2D eigenvalue weighted by molar-refractivity contribution is -0.385. The molecular formula is C21H26N4O6. The van der Waals surface area contributed by atoms with Crippen LogP contribution >= 0.6 is 0 Å². The Bertz CT molecular complexity index is 922. The smallest absolute Gasteiger partial charge is 0.352 e. The van der Waals surface area contributed by atoms with Crippen molar-refractivity contribution >= 4 is 29.4 Å². The van der Waals surface area contributed by atoms with Crippen molar-refractivity contribution in [1.29, 1.82) is 0 Å². The van der Waals surface area contributed by atoms with Gasteiger partial charge >= 0.3 is 18.0 Å². The highest BCUT2D eigenvalue weighted by atomic mass is 16.6. The second-order valence-corrected chi connectivity index (χ2v) is 8.00. The Labute approximate surface area is 180 Å². The number of urea groups is 2. The molecule has 0 saturated carbocycles. The number of amides is 4. The number of hydrogen-bond donors (Lipinski definition) is 0. The minimum atomic E-state index is -1.09. The quantitative estimate of drug-likeness (QED) is 0.408. The van der Waals surface area contributed by atoms with Crippen LogP contribution < -0.4 is 0 Å². The molecule has 10 heteroatoms. The molecule has 0 aliphatic carbocycles. The van der Waals surface area contributed by atoms with Gasteiger partial charge in [-0.15, -0.1) is 0 Å². The molecule has 3 rings (SSSR count). The van der Waals surface area contributed by atoms with Gasteiger partial charge in [-0.1, -0.05) is 12.1 Å². The first kappa shape index (κ1) is 22.4. The number of nitro groups is 1. The van der Waals surface area contributed by atoms with Gasteiger partial charge in [0.1, 0.15) is 5.92 Å². The van der Waals surface area contributed by atoms with Gasteiger partial charge in [-0.2, -0.15) is 0 Å². The van der Waals surface area contributed by atoms with Crippen LogP contribution in [-0.2, 0) is 9.53 Å². The summed E-state index contributed by atoms with van der Waals surface area (Å²) in [6.07, 6.45) is 2.20. The van der Waals surface area contributed by atoms with Gasteiger partial charge in [0.2, 0.25) is 0 Å². The first-order valence-electron chi connectivity index (χ1n) is 10.3. The van der Waals surface area contributed by atoms with Crippen molar-refractivity contribution in [2.45, 2.75) is 52.2 Å². The average molecular weight is 430 g/mol. The lowest BCUT2D eigenvalue weighted by Gasteiger charge is -2.40. The van der Waals surface area contributed by atoms with E-state index in [4.69, 9.17) is 4.74 Å². The number of aliphatic imine (C=N–C) groups is 1. The number of carbonyl (C=O) groups excluding carboxylic acids is 3. The monoisotopic (exact) mass is 430 g/mol. The summed E-state index contributed by atoms with van der Waals surface area (Å²) in [6, 6.07) is 3.18. The van der Waals surface area contributed by atoms with Gasteiger partial charge in [0.25, 0.3) is 5.69 Å². The van der Waals surface area contributed by atoms with Gasteiger partial charge in [-0.25, -0.2) is 19.5 Å². The average Bonchev–Trinajstić information content (AvgIpc) is 2.72. The number of benzene rings is 1. The molecule has 1 fully saturated rings. The number of nitro benzene ring substituents is 1. The van der Waals surface area contributed by atoms with Gasteiger partial charge in [-0.3, -0.25) is 14.9 Å². The number of non-ortho nitro benzene ring substituents is 1. The molecule has 31 heavy (non-hydrogen) atoms. The largest absolute Gasteiger partial charge is 0.462 e. The van der Waals surface area contributed by atoms with Gasteiger partial charge in [-0.05, 0) is 45.6 Å². The van der Waals surface area contributed by atoms with Gasteiger partial charge < -0.3 is 9.64 Å². The maximum Gasteiger partial charge on any atom is 0.352 e. The van der Waals surface area contributed by atoms with E-state index in [1.807, 2.05) is 0 Å². The minimum absolute atomic E-state index is 0.202. The zero-order chi connectivity index (χ0) is 22.7. The first-order valence-corrected chi connectivity index (χ1v) is 10.3. The SMILES string of the molecule is CC1=NC(=O)N(C(=O)N2CCCCC2)C(c2cccc([N+](=O)[O-])c2)C1C(=O)OC(C)C. The van der Waals surface area contributed by atoms with Crippen LogP contribution in [0, 0.1) is 16.0 Å². The number of piperidine rings is 1. The van der Waals surface area contributed by atoms with Crippen LogP contribution in [0.3, 0.4) is 0 Å². The topological polar surface area (TPSA) is 122 Å². The Morgan fingerprint density at radius 3 is 2.52 bits per heavy atom. The van der Waals surface area contributed by atoms with E-state index in [9.17, 15) is 24.5 Å². The number of ether oxygens (including phenoxy) is 1. The van der Waals surface area contributed by atoms with E-state index in [-0.39, 0.29) is 11.4 Å². The van der Waals surface area contributed by atoms with Gasteiger partial charge in [0.15, 0.2) is 0 Å². The highest BCUT2D eigenvalue weighted by Gasteiger charge is 2.47. The second-order valence-electron chi connectivity index (χ2n) is 8.00. The molecule has 0 spiro atoms. The summed E-state index contributed by atoms with van der Waals surface area (Å²) >= 11 is 0.